The molecule has 0 unspecified atom stereocenters. The van der Waals surface area contributed by atoms with Crippen molar-refractivity contribution in [3.05, 3.63) is 56.1 Å². The van der Waals surface area contributed by atoms with Crippen molar-refractivity contribution in [3.63, 3.8) is 0 Å². The zero-order chi connectivity index (χ0) is 15.0. The maximum absolute atomic E-state index is 10.2. The highest BCUT2D eigenvalue weighted by Gasteiger charge is 2.21. The van der Waals surface area contributed by atoms with E-state index in [2.05, 4.69) is 0 Å². The predicted octanol–water partition coefficient (Wildman–Crippen LogP) is 2.54. The Morgan fingerprint density at radius 3 is 1.63 bits per heavy atom. The Labute approximate surface area is 108 Å². The van der Waals surface area contributed by atoms with Crippen LogP contribution in [0.1, 0.15) is 13.8 Å². The minimum absolute atomic E-state index is 0.484. The molecule has 8 heteroatoms. The summed E-state index contributed by atoms with van der Waals surface area (Å²) in [6.45, 7) is 3.49. The van der Waals surface area contributed by atoms with Crippen LogP contribution in [0.15, 0.2) is 35.9 Å². The molecule has 19 heavy (non-hydrogen) atoms. The van der Waals surface area contributed by atoms with Crippen LogP contribution in [-0.4, -0.2) is 20.9 Å². The Morgan fingerprint density at radius 1 is 1.11 bits per heavy atom. The maximum atomic E-state index is 10.2. The molecule has 1 rings (SSSR count). The Bertz CT molecular complexity index is 487. The molecule has 1 aromatic rings. The fourth-order valence-corrected chi connectivity index (χ4v) is 1.02. The number of aliphatic carboxylic acids is 1. The molecule has 0 spiro atoms. The lowest BCUT2D eigenvalue weighted by Crippen LogP contribution is -1.95. The highest BCUT2D eigenvalue weighted by atomic mass is 16.6. The predicted molar refractivity (Wildman–Crippen MR) is 66.8 cm³/mol. The van der Waals surface area contributed by atoms with E-state index in [1.165, 1.54) is 18.2 Å². The van der Waals surface area contributed by atoms with Crippen LogP contribution in [0.4, 0.5) is 11.4 Å². The van der Waals surface area contributed by atoms with Gasteiger partial charge in [-0.05, 0) is 13.8 Å². The lowest BCUT2D eigenvalue weighted by Gasteiger charge is -1.91. The minimum Gasteiger partial charge on any atom is -0.478 e. The van der Waals surface area contributed by atoms with E-state index in [4.69, 9.17) is 5.11 Å². The van der Waals surface area contributed by atoms with Gasteiger partial charge in [0.2, 0.25) is 0 Å². The Kier molecular flexibility index (Phi) is 6.44. The number of benzene rings is 1. The second-order valence-electron chi connectivity index (χ2n) is 3.56. The average Bonchev–Trinajstić information content (AvgIpc) is 2.27. The van der Waals surface area contributed by atoms with Gasteiger partial charge in [0.25, 0.3) is 0 Å². The molecule has 0 aliphatic heterocycles. The van der Waals surface area contributed by atoms with Gasteiger partial charge in [0, 0.05) is 18.2 Å². The number of allylic oxidation sites excluding steroid dienone is 1. The number of hydrogen-bond acceptors (Lipinski definition) is 5. The molecule has 1 N–H and O–H groups in total. The molecule has 1 aromatic carbocycles. The molecular formula is C11H12N2O6. The molecule has 0 amide bonds. The smallest absolute Gasteiger partial charge is 0.346 e. The van der Waals surface area contributed by atoms with Crippen molar-refractivity contribution in [3.8, 4) is 0 Å². The standard InChI is InChI=1S/C6H4N2O4.C5H8O2/c9-7(10)5-3-1-2-4-6(5)8(11)12;1-4(2)3-5(6)7/h1-4H;3H,1-2H3,(H,6,7). The van der Waals surface area contributed by atoms with Gasteiger partial charge in [-0.15, -0.1) is 0 Å². The van der Waals surface area contributed by atoms with Gasteiger partial charge in [-0.2, -0.15) is 0 Å². The van der Waals surface area contributed by atoms with Crippen LogP contribution in [-0.2, 0) is 4.79 Å². The molecule has 0 atom stereocenters. The first-order chi connectivity index (χ1) is 8.75. The third kappa shape index (κ3) is 6.51. The van der Waals surface area contributed by atoms with Gasteiger partial charge in [-0.1, -0.05) is 17.7 Å². The van der Waals surface area contributed by atoms with Crippen molar-refractivity contribution in [2.45, 2.75) is 13.8 Å². The van der Waals surface area contributed by atoms with Crippen molar-refractivity contribution in [1.29, 1.82) is 0 Å². The first-order valence-electron chi connectivity index (χ1n) is 5.01. The van der Waals surface area contributed by atoms with Gasteiger partial charge in [0.1, 0.15) is 0 Å². The summed E-state index contributed by atoms with van der Waals surface area (Å²) in [4.78, 5) is 28.6. The first-order valence-corrected chi connectivity index (χ1v) is 5.01. The van der Waals surface area contributed by atoms with Crippen LogP contribution in [0, 0.1) is 20.2 Å². The van der Waals surface area contributed by atoms with E-state index in [0.29, 0.717) is 0 Å². The van der Waals surface area contributed by atoms with Crippen LogP contribution in [0.2, 0.25) is 0 Å². The molecule has 0 fully saturated rings. The number of carbonyl (C=O) groups is 1. The number of nitro groups is 2. The molecule has 0 radical (unpaired) electrons. The number of para-hydroxylation sites is 2. The van der Waals surface area contributed by atoms with Crippen molar-refractivity contribution >= 4 is 17.3 Å². The zero-order valence-corrected chi connectivity index (χ0v) is 10.3. The van der Waals surface area contributed by atoms with E-state index >= 15 is 0 Å². The van der Waals surface area contributed by atoms with Gasteiger partial charge >= 0.3 is 17.3 Å². The summed E-state index contributed by atoms with van der Waals surface area (Å²) >= 11 is 0. The van der Waals surface area contributed by atoms with Gasteiger partial charge in [0.15, 0.2) is 0 Å². The monoisotopic (exact) mass is 268 g/mol. The fraction of sp³-hybridized carbons (Fsp3) is 0.182. The number of carboxylic acids is 1. The lowest BCUT2D eigenvalue weighted by molar-refractivity contribution is -0.422. The van der Waals surface area contributed by atoms with Crippen LogP contribution < -0.4 is 0 Å². The first kappa shape index (κ1) is 16.2. The van der Waals surface area contributed by atoms with Crippen molar-refractivity contribution in [2.75, 3.05) is 0 Å². The molecule has 0 aliphatic carbocycles. The van der Waals surface area contributed by atoms with E-state index in [-0.39, 0.29) is 0 Å². The van der Waals surface area contributed by atoms with Crippen LogP contribution in [0.3, 0.4) is 0 Å². The number of rotatable bonds is 3. The van der Waals surface area contributed by atoms with Crippen LogP contribution in [0.5, 0.6) is 0 Å². The van der Waals surface area contributed by atoms with E-state index in [1.54, 1.807) is 13.8 Å². The minimum atomic E-state index is -0.875. The number of nitrogens with zero attached hydrogens (tertiary/aromatic N) is 2. The zero-order valence-electron chi connectivity index (χ0n) is 10.3. The Hall–Kier alpha value is -2.77. The summed E-state index contributed by atoms with van der Waals surface area (Å²) in [6, 6.07) is 4.95. The quantitative estimate of drug-likeness (QED) is 0.510. The maximum Gasteiger partial charge on any atom is 0.346 e. The summed E-state index contributed by atoms with van der Waals surface area (Å²) in [7, 11) is 0. The highest BCUT2D eigenvalue weighted by Crippen LogP contribution is 2.24. The summed E-state index contributed by atoms with van der Waals surface area (Å²) in [5.41, 5.74) is -0.155. The van der Waals surface area contributed by atoms with Gasteiger partial charge < -0.3 is 5.11 Å². The topological polar surface area (TPSA) is 124 Å². The number of hydrogen-bond donors (Lipinski definition) is 1. The normalized spacial score (nSPS) is 8.74. The van der Waals surface area contributed by atoms with Crippen LogP contribution in [0.25, 0.3) is 0 Å². The van der Waals surface area contributed by atoms with Crippen molar-refractivity contribution in [2.24, 2.45) is 0 Å². The molecule has 0 heterocycles. The van der Waals surface area contributed by atoms with Crippen molar-refractivity contribution < 1.29 is 19.7 Å². The summed E-state index contributed by atoms with van der Waals surface area (Å²) < 4.78 is 0. The Morgan fingerprint density at radius 2 is 1.47 bits per heavy atom. The van der Waals surface area contributed by atoms with E-state index in [9.17, 15) is 25.0 Å². The molecular weight excluding hydrogens is 256 g/mol. The molecule has 0 aromatic heterocycles. The number of nitro benzene ring substituents is 2. The second-order valence-corrected chi connectivity index (χ2v) is 3.56. The largest absolute Gasteiger partial charge is 0.478 e. The van der Waals surface area contributed by atoms with E-state index in [0.717, 1.165) is 17.7 Å². The third-order valence-corrected chi connectivity index (χ3v) is 1.69. The second kappa shape index (κ2) is 7.54. The fourth-order valence-electron chi connectivity index (χ4n) is 1.02. The van der Waals surface area contributed by atoms with Gasteiger partial charge in [-0.25, -0.2) is 4.79 Å². The summed E-state index contributed by atoms with van der Waals surface area (Å²) in [5.74, 6) is -0.875. The van der Waals surface area contributed by atoms with E-state index < -0.39 is 27.2 Å². The van der Waals surface area contributed by atoms with Gasteiger partial charge in [-0.3, -0.25) is 20.2 Å². The van der Waals surface area contributed by atoms with E-state index in [1.807, 2.05) is 0 Å². The molecule has 0 saturated heterocycles. The van der Waals surface area contributed by atoms with Gasteiger partial charge in [0.05, 0.1) is 9.85 Å². The molecule has 102 valence electrons. The molecule has 0 bridgehead atoms. The SMILES string of the molecule is CC(C)=CC(=O)O.O=[N+]([O-])c1ccccc1[N+](=O)[O-]. The third-order valence-electron chi connectivity index (χ3n) is 1.69. The lowest BCUT2D eigenvalue weighted by atomic mass is 10.3. The highest BCUT2D eigenvalue weighted by molar-refractivity contribution is 5.80. The van der Waals surface area contributed by atoms with Crippen LogP contribution >= 0.6 is 0 Å². The molecule has 0 aliphatic rings. The Balaban J connectivity index is 0.000000399. The number of carboxylic acid groups (broad SMARTS) is 1. The molecule has 0 saturated carbocycles. The molecule has 8 nitrogen and oxygen atoms in total. The van der Waals surface area contributed by atoms with Crippen molar-refractivity contribution in [1.82, 2.24) is 0 Å². The summed E-state index contributed by atoms with van der Waals surface area (Å²) in [6.07, 6.45) is 1.17. The average molecular weight is 268 g/mol. The summed E-state index contributed by atoms with van der Waals surface area (Å²) in [5, 5.41) is 28.5.